The van der Waals surface area contributed by atoms with E-state index < -0.39 is 28.1 Å². The molecular formula is C32H42CoN2O6Si2. The van der Waals surface area contributed by atoms with E-state index in [4.69, 9.17) is 19.8 Å². The van der Waals surface area contributed by atoms with Gasteiger partial charge in [0.2, 0.25) is 0 Å². The Morgan fingerprint density at radius 3 is 1.21 bits per heavy atom. The average Bonchev–Trinajstić information content (AvgIpc) is 2.84. The fraction of sp³-hybridized carbons (Fsp3) is 0.312. The zero-order valence-electron chi connectivity index (χ0n) is 26.5. The Labute approximate surface area is 267 Å². The number of aromatic hydroxyl groups is 2. The quantitative estimate of drug-likeness (QED) is 0.303. The number of nitrogens with zero attached hydrogens (tertiary/aromatic N) is 2. The number of phenols is 2. The van der Waals surface area contributed by atoms with Crippen molar-refractivity contribution in [2.45, 2.75) is 67.0 Å². The molecule has 3 aromatic rings. The molecule has 0 bridgehead atoms. The van der Waals surface area contributed by atoms with E-state index in [1.54, 1.807) is 12.4 Å². The van der Waals surface area contributed by atoms with E-state index in [2.05, 4.69) is 61.4 Å². The number of carboxylic acids is 2. The molecule has 0 amide bonds. The van der Waals surface area contributed by atoms with Crippen LogP contribution in [0.2, 0.25) is 39.3 Å². The molecule has 0 atom stereocenters. The van der Waals surface area contributed by atoms with Crippen LogP contribution in [0.1, 0.15) is 36.1 Å². The van der Waals surface area contributed by atoms with Crippen molar-refractivity contribution in [3.05, 3.63) is 70.8 Å². The topological polar surface area (TPSA) is 145 Å². The van der Waals surface area contributed by atoms with Gasteiger partial charge >= 0.3 is 16.8 Å². The Balaban J connectivity index is 0.00000174. The van der Waals surface area contributed by atoms with Crippen LogP contribution in [-0.2, 0) is 26.4 Å². The minimum absolute atomic E-state index is 0. The number of para-hydroxylation sites is 2. The molecule has 0 aliphatic carbocycles. The van der Waals surface area contributed by atoms with Crippen LogP contribution in [0.3, 0.4) is 0 Å². The van der Waals surface area contributed by atoms with Crippen LogP contribution in [0, 0.1) is 13.8 Å². The molecule has 2 N–H and O–H groups in total. The Morgan fingerprint density at radius 2 is 0.953 bits per heavy atom. The summed E-state index contributed by atoms with van der Waals surface area (Å²) in [5.41, 5.74) is 4.56. The summed E-state index contributed by atoms with van der Waals surface area (Å²) in [5, 5.41) is 41.6. The first-order valence-electron chi connectivity index (χ1n) is 13.4. The molecule has 0 aliphatic heterocycles. The van der Waals surface area contributed by atoms with E-state index in [9.17, 15) is 10.2 Å². The summed E-state index contributed by atoms with van der Waals surface area (Å²) in [4.78, 5) is 27.1. The molecule has 8 nitrogen and oxygen atoms in total. The molecule has 0 saturated heterocycles. The van der Waals surface area contributed by atoms with Gasteiger partial charge in [0.25, 0.3) is 0 Å². The molecule has 0 aliphatic rings. The number of aryl methyl sites for hydroxylation is 2. The molecule has 0 unspecified atom stereocenters. The van der Waals surface area contributed by atoms with Gasteiger partial charge in [-0.15, -0.1) is 0 Å². The predicted molar refractivity (Wildman–Crippen MR) is 174 cm³/mol. The molecule has 0 spiro atoms. The van der Waals surface area contributed by atoms with E-state index in [-0.39, 0.29) is 28.3 Å². The predicted octanol–water partition coefficient (Wildman–Crippen LogP) is 3.82. The van der Waals surface area contributed by atoms with Gasteiger partial charge in [-0.25, -0.2) is 0 Å². The minimum Gasteiger partial charge on any atom is -0.550 e. The standard InChI is InChI=1S/C28H36N2O2Si2.2C2H4O2.Co/c1-19-13-23(33(3,4)5)15-21(27(19)31)17-29-25-11-9-10-12-26(25)30-18-22-16-24(34(6,7)8)14-20(2)28(22)32;2*1-2(3)4;/h9-18,31-32H,1-8H3;2*1H3,(H,3,4);/q;;;+2/p-2. The van der Waals surface area contributed by atoms with Crippen molar-refractivity contribution in [1.29, 1.82) is 0 Å². The van der Waals surface area contributed by atoms with Gasteiger partial charge < -0.3 is 30.0 Å². The number of carbonyl (C=O) groups is 2. The summed E-state index contributed by atoms with van der Waals surface area (Å²) < 4.78 is 0. The molecule has 233 valence electrons. The van der Waals surface area contributed by atoms with Gasteiger partial charge in [0.05, 0.1) is 27.5 Å². The minimum atomic E-state index is -1.53. The largest absolute Gasteiger partial charge is 2.00 e. The second-order valence-electron chi connectivity index (χ2n) is 12.0. The number of benzene rings is 3. The summed E-state index contributed by atoms with van der Waals surface area (Å²) >= 11 is 0. The van der Waals surface area contributed by atoms with E-state index in [0.717, 1.165) is 25.0 Å². The molecule has 0 heterocycles. The Hall–Kier alpha value is -3.52. The second-order valence-corrected chi connectivity index (χ2v) is 22.1. The van der Waals surface area contributed by atoms with Crippen molar-refractivity contribution in [2.24, 2.45) is 9.98 Å². The van der Waals surface area contributed by atoms with Crippen LogP contribution < -0.4 is 20.6 Å². The Morgan fingerprint density at radius 1 is 0.674 bits per heavy atom. The zero-order chi connectivity index (χ0) is 32.4. The van der Waals surface area contributed by atoms with Crippen molar-refractivity contribution in [1.82, 2.24) is 0 Å². The van der Waals surface area contributed by atoms with Crippen molar-refractivity contribution >= 4 is 62.3 Å². The van der Waals surface area contributed by atoms with Crippen molar-refractivity contribution in [2.75, 3.05) is 0 Å². The average molecular weight is 666 g/mol. The van der Waals surface area contributed by atoms with Crippen LogP contribution in [0.4, 0.5) is 11.4 Å². The van der Waals surface area contributed by atoms with Crippen LogP contribution in [0.5, 0.6) is 11.5 Å². The van der Waals surface area contributed by atoms with E-state index >= 15 is 0 Å². The van der Waals surface area contributed by atoms with E-state index in [1.165, 1.54) is 10.4 Å². The zero-order valence-corrected chi connectivity index (χ0v) is 29.6. The summed E-state index contributed by atoms with van der Waals surface area (Å²) in [6.45, 7) is 19.5. The maximum Gasteiger partial charge on any atom is 2.00 e. The molecule has 0 fully saturated rings. The summed E-state index contributed by atoms with van der Waals surface area (Å²) in [6.07, 6.45) is 3.43. The summed E-state index contributed by atoms with van der Waals surface area (Å²) in [6, 6.07) is 15.9. The van der Waals surface area contributed by atoms with Crippen molar-refractivity contribution in [3.8, 4) is 11.5 Å². The maximum absolute atomic E-state index is 10.6. The fourth-order valence-electron chi connectivity index (χ4n) is 3.64. The molecular weight excluding hydrogens is 623 g/mol. The first-order chi connectivity index (χ1) is 19.2. The first-order valence-corrected chi connectivity index (χ1v) is 20.4. The van der Waals surface area contributed by atoms with Crippen LogP contribution in [0.25, 0.3) is 0 Å². The van der Waals surface area contributed by atoms with Gasteiger partial charge in [-0.2, -0.15) is 0 Å². The maximum atomic E-state index is 10.6. The number of phenolic OH excluding ortho intramolecular Hbond substituents is 2. The van der Waals surface area contributed by atoms with Gasteiger partial charge in [-0.05, 0) is 51.0 Å². The third-order valence-corrected chi connectivity index (χ3v) is 10.0. The van der Waals surface area contributed by atoms with Crippen molar-refractivity contribution < 1.29 is 46.8 Å². The normalized spacial score (nSPS) is 11.2. The molecule has 43 heavy (non-hydrogen) atoms. The Bertz CT molecular complexity index is 1360. The molecule has 0 saturated carbocycles. The van der Waals surface area contributed by atoms with Gasteiger partial charge in [0, 0.05) is 35.5 Å². The van der Waals surface area contributed by atoms with Crippen LogP contribution in [-0.4, -0.2) is 50.7 Å². The summed E-state index contributed by atoms with van der Waals surface area (Å²) in [7, 11) is -3.07. The number of aliphatic carboxylic acids is 2. The number of hydrogen-bond donors (Lipinski definition) is 2. The molecule has 3 aromatic carbocycles. The Kier molecular flexibility index (Phi) is 15.6. The van der Waals surface area contributed by atoms with Crippen LogP contribution in [0.15, 0.2) is 58.5 Å². The molecule has 3 rings (SSSR count). The molecule has 11 heteroatoms. The number of hydrogen-bond acceptors (Lipinski definition) is 8. The molecule has 0 aromatic heterocycles. The third kappa shape index (κ3) is 13.5. The fourth-order valence-corrected chi connectivity index (χ4v) is 6.11. The van der Waals surface area contributed by atoms with Gasteiger partial charge in [-0.3, -0.25) is 9.98 Å². The third-order valence-electron chi connectivity index (χ3n) is 5.96. The smallest absolute Gasteiger partial charge is 0.550 e. The second kappa shape index (κ2) is 16.9. The molecule has 1 radical (unpaired) electrons. The number of carbonyl (C=O) groups excluding carboxylic acids is 2. The summed E-state index contributed by atoms with van der Waals surface area (Å²) in [5.74, 6) is -1.65. The van der Waals surface area contributed by atoms with E-state index in [1.807, 2.05) is 50.2 Å². The monoisotopic (exact) mass is 665 g/mol. The van der Waals surface area contributed by atoms with E-state index in [0.29, 0.717) is 22.5 Å². The SMILES string of the molecule is CC(=O)[O-].CC(=O)[O-].Cc1cc([Si](C)(C)C)cc(C=Nc2ccccc2N=Cc2cc([Si](C)(C)C)cc(C)c2O)c1O.[Co+2]. The number of carboxylic acid groups (broad SMARTS) is 2. The number of rotatable bonds is 6. The van der Waals surface area contributed by atoms with Gasteiger partial charge in [-0.1, -0.05) is 86.1 Å². The number of aliphatic imine (C=N–C) groups is 2. The van der Waals surface area contributed by atoms with Gasteiger partial charge in [0.1, 0.15) is 11.5 Å². The van der Waals surface area contributed by atoms with Gasteiger partial charge in [0.15, 0.2) is 0 Å². The first kappa shape index (κ1) is 39.5. The van der Waals surface area contributed by atoms with Crippen molar-refractivity contribution in [3.63, 3.8) is 0 Å². The van der Waals surface area contributed by atoms with Crippen LogP contribution >= 0.6 is 0 Å².